The van der Waals surface area contributed by atoms with Crippen LogP contribution in [0.5, 0.6) is 46.0 Å². The maximum Gasteiger partial charge on any atom is 0.347 e. The number of carbonyl (C=O) groups is 16. The summed E-state index contributed by atoms with van der Waals surface area (Å²) >= 11 is 0. The van der Waals surface area contributed by atoms with Crippen LogP contribution in [0.15, 0.2) is 194 Å². The molecule has 8 aromatic rings. The number of aliphatic hydroxyl groups is 2. The minimum absolute atomic E-state index is 0.316. The van der Waals surface area contributed by atoms with Gasteiger partial charge in [0.1, 0.15) is 90.5 Å². The fraction of sp³-hybridized carbons (Fsp3) is 0.111. The van der Waals surface area contributed by atoms with E-state index in [4.69, 9.17) is 37.9 Å². The van der Waals surface area contributed by atoms with Crippen molar-refractivity contribution in [3.05, 3.63) is 239 Å². The summed E-state index contributed by atoms with van der Waals surface area (Å²) in [5, 5.41) is 60.7. The molecule has 0 spiro atoms. The van der Waals surface area contributed by atoms with Gasteiger partial charge in [-0.1, -0.05) is 97.1 Å². The second kappa shape index (κ2) is 33.9. The topological polar surface area (TPSA) is 487 Å². The van der Waals surface area contributed by atoms with Crippen molar-refractivity contribution in [1.29, 1.82) is 0 Å². The Morgan fingerprint density at radius 2 is 0.404 bits per heavy atom. The highest BCUT2D eigenvalue weighted by atomic mass is 16.6. The van der Waals surface area contributed by atoms with Crippen LogP contribution in [0.1, 0.15) is 121 Å². The third-order valence-corrected chi connectivity index (χ3v) is 14.1. The molecule has 530 valence electrons. The van der Waals surface area contributed by atoms with E-state index in [0.29, 0.717) is 0 Å². The van der Waals surface area contributed by atoms with E-state index in [1.54, 1.807) is 0 Å². The number of carboxylic acid groups (broad SMARTS) is 4. The third kappa shape index (κ3) is 19.7. The first-order valence-corrected chi connectivity index (χ1v) is 29.8. The number of carbonyl (C=O) groups excluding carboxylic acids is 12. The van der Waals surface area contributed by atoms with Gasteiger partial charge in [-0.2, -0.15) is 0 Å². The van der Waals surface area contributed by atoms with Crippen molar-refractivity contribution in [1.82, 2.24) is 0 Å². The minimum atomic E-state index is -3.40. The lowest BCUT2D eigenvalue weighted by Crippen LogP contribution is -2.44. The lowest BCUT2D eigenvalue weighted by Gasteiger charge is -2.21. The van der Waals surface area contributed by atoms with Gasteiger partial charge in [0.25, 0.3) is 0 Å². The molecule has 0 fully saturated rings. The molecule has 6 N–H and O–H groups in total. The number of hydrogen-bond donors (Lipinski definition) is 6. The zero-order chi connectivity index (χ0) is 75.4. The van der Waals surface area contributed by atoms with Crippen molar-refractivity contribution in [3.63, 3.8) is 0 Å². The van der Waals surface area contributed by atoms with Gasteiger partial charge in [0.05, 0.1) is 38.5 Å². The monoisotopic (exact) mass is 1430 g/mol. The molecule has 0 aromatic heterocycles. The third-order valence-electron chi connectivity index (χ3n) is 14.1. The number of carboxylic acids is 4. The molecule has 0 amide bonds. The molecule has 0 aliphatic carbocycles. The molecule has 2 atom stereocenters. The van der Waals surface area contributed by atoms with Gasteiger partial charge in [0.15, 0.2) is 11.2 Å². The summed E-state index contributed by atoms with van der Waals surface area (Å²) in [5.41, 5.74) is -10.00. The maximum absolute atomic E-state index is 13.6. The van der Waals surface area contributed by atoms with E-state index in [1.807, 2.05) is 0 Å². The molecule has 32 nitrogen and oxygen atoms in total. The van der Waals surface area contributed by atoms with E-state index in [2.05, 4.69) is 9.47 Å². The highest BCUT2D eigenvalue weighted by Gasteiger charge is 2.45. The Hall–Kier alpha value is -14.4. The zero-order valence-electron chi connectivity index (χ0n) is 53.0. The van der Waals surface area contributed by atoms with Gasteiger partial charge in [-0.05, 0) is 97.1 Å². The van der Waals surface area contributed by atoms with Crippen LogP contribution in [0.2, 0.25) is 0 Å². The quantitative estimate of drug-likeness (QED) is 0.0156. The summed E-state index contributed by atoms with van der Waals surface area (Å²) in [6, 6.07) is 40.2. The predicted octanol–water partition coefficient (Wildman–Crippen LogP) is 7.02. The Morgan fingerprint density at radius 3 is 0.606 bits per heavy atom. The molecule has 0 radical (unpaired) electrons. The number of hydrogen-bond acceptors (Lipinski definition) is 28. The number of rotatable bonds is 29. The van der Waals surface area contributed by atoms with Gasteiger partial charge < -0.3 is 78.0 Å². The Labute approximate surface area is 582 Å². The molecule has 8 rings (SSSR count). The highest BCUT2D eigenvalue weighted by Crippen LogP contribution is 2.32. The summed E-state index contributed by atoms with van der Waals surface area (Å²) in [6.07, 6.45) is -8.69. The number of benzene rings is 8. The molecule has 0 aliphatic rings. The average molecular weight is 1430 g/mol. The van der Waals surface area contributed by atoms with Gasteiger partial charge >= 0.3 is 95.5 Å². The first-order chi connectivity index (χ1) is 49.5. The van der Waals surface area contributed by atoms with Crippen molar-refractivity contribution in [2.45, 2.75) is 49.7 Å². The van der Waals surface area contributed by atoms with Gasteiger partial charge in [-0.15, -0.1) is 0 Å². The molecule has 0 aliphatic heterocycles. The molecule has 0 heterocycles. The fourth-order valence-corrected chi connectivity index (χ4v) is 9.07. The number of esters is 12. The summed E-state index contributed by atoms with van der Waals surface area (Å²) in [4.78, 5) is 206. The van der Waals surface area contributed by atoms with Crippen molar-refractivity contribution in [2.24, 2.45) is 0 Å². The Balaban J connectivity index is 0.802. The van der Waals surface area contributed by atoms with E-state index in [0.717, 1.165) is 36.4 Å². The summed E-state index contributed by atoms with van der Waals surface area (Å²) < 4.78 is 51.7. The van der Waals surface area contributed by atoms with Crippen LogP contribution in [-0.2, 0) is 47.8 Å². The van der Waals surface area contributed by atoms with Crippen LogP contribution < -0.4 is 37.9 Å². The van der Waals surface area contributed by atoms with Gasteiger partial charge in [-0.25, -0.2) is 47.9 Å². The van der Waals surface area contributed by atoms with Gasteiger partial charge in [0, 0.05) is 0 Å². The Kier molecular flexibility index (Phi) is 24.6. The Bertz CT molecular complexity index is 4500. The first-order valence-electron chi connectivity index (χ1n) is 29.8. The molecule has 0 saturated carbocycles. The molecule has 104 heavy (non-hydrogen) atoms. The predicted molar refractivity (Wildman–Crippen MR) is 342 cm³/mol. The fourth-order valence-electron chi connectivity index (χ4n) is 9.07. The lowest BCUT2D eigenvalue weighted by molar-refractivity contribution is -0.176. The number of para-hydroxylation sites is 8. The average Bonchev–Trinajstić information content (AvgIpc) is 0.829. The van der Waals surface area contributed by atoms with E-state index < -0.39 is 190 Å². The van der Waals surface area contributed by atoms with Crippen LogP contribution in [0.3, 0.4) is 0 Å². The maximum atomic E-state index is 13.6. The SMILES string of the molecule is O=C(CCC(=O)OC(=O)CC(O)(CC(=O)Oc1ccccc1C(=O)Oc1ccccc1C(=O)Oc1ccccc1C(=O)Oc1ccccc1C(=O)O)C(=O)O)OC(=O)CC(O)(CC(=O)Oc1ccccc1C(=O)Oc1ccccc1C(=O)Oc1ccccc1C(=O)Oc1ccccc1C(=O)O)C(=O)O. The lowest BCUT2D eigenvalue weighted by atomic mass is 9.96. The number of aliphatic carboxylic acids is 2. The van der Waals surface area contributed by atoms with E-state index in [9.17, 15) is 107 Å². The molecule has 0 bridgehead atoms. The second-order valence-electron chi connectivity index (χ2n) is 21.4. The summed E-state index contributed by atoms with van der Waals surface area (Å²) in [6.45, 7) is 0. The van der Waals surface area contributed by atoms with E-state index >= 15 is 0 Å². The molecular weight excluding hydrogens is 1380 g/mol. The largest absolute Gasteiger partial charge is 0.479 e. The van der Waals surface area contributed by atoms with Crippen molar-refractivity contribution in [3.8, 4) is 46.0 Å². The summed E-state index contributed by atoms with van der Waals surface area (Å²) in [5.74, 6) is -28.0. The molecule has 2 unspecified atom stereocenters. The molecule has 0 saturated heterocycles. The number of aromatic carboxylic acids is 2. The first kappa shape index (κ1) is 75.4. The van der Waals surface area contributed by atoms with Crippen LogP contribution in [0.25, 0.3) is 0 Å². The van der Waals surface area contributed by atoms with Gasteiger partial charge in [-0.3, -0.25) is 28.8 Å². The summed E-state index contributed by atoms with van der Waals surface area (Å²) in [7, 11) is 0. The van der Waals surface area contributed by atoms with Gasteiger partial charge in [0.2, 0.25) is 0 Å². The van der Waals surface area contributed by atoms with Crippen LogP contribution >= 0.6 is 0 Å². The second-order valence-corrected chi connectivity index (χ2v) is 21.4. The zero-order valence-corrected chi connectivity index (χ0v) is 53.0. The Morgan fingerprint density at radius 1 is 0.231 bits per heavy atom. The van der Waals surface area contributed by atoms with Crippen LogP contribution in [0, 0.1) is 0 Å². The smallest absolute Gasteiger partial charge is 0.347 e. The highest BCUT2D eigenvalue weighted by molar-refractivity contribution is 6.04. The van der Waals surface area contributed by atoms with Crippen molar-refractivity contribution >= 4 is 95.5 Å². The standard InChI is InChI=1S/C72H50O32/c73-55(103-59(77)37-71(93,69(89)90)35-57(75)95-49-27-11-3-19-41(49)63(83)99-53-31-15-7-23-45(53)67(87)101-51-29-13-5-21-43(51)65(85)97-47-25-9-1-17-39(47)61(79)80)33-34-56(74)104-60(78)38-72(94,70(91)92)36-58(76)96-50-28-12-4-20-42(50)64(84)100-54-32-16-8-24-46(54)68(88)102-52-30-14-6-22-44(52)66(86)98-48-26-10-2-18-40(48)62(81)82/h1-32,93-94H,33-38H2,(H,79,80)(H,81,82)(H,89,90)(H,91,92). The van der Waals surface area contributed by atoms with Crippen molar-refractivity contribution < 1.29 is 155 Å². The molecule has 32 heteroatoms. The number of ether oxygens (including phenoxy) is 10. The molecule has 8 aromatic carbocycles. The van der Waals surface area contributed by atoms with E-state index in [-0.39, 0.29) is 45.3 Å². The van der Waals surface area contributed by atoms with Crippen molar-refractivity contribution in [2.75, 3.05) is 0 Å². The normalized spacial score (nSPS) is 11.8. The minimum Gasteiger partial charge on any atom is -0.479 e. The van der Waals surface area contributed by atoms with Crippen LogP contribution in [0.4, 0.5) is 0 Å². The molecular formula is C72H50O32. The van der Waals surface area contributed by atoms with E-state index in [1.165, 1.54) is 158 Å². The van der Waals surface area contributed by atoms with Crippen LogP contribution in [-0.4, -0.2) is 137 Å².